The average Bonchev–Trinajstić information content (AvgIpc) is 3.34. The first-order valence-corrected chi connectivity index (χ1v) is 16.1. The number of aryl methyl sites for hydroxylation is 1. The second kappa shape index (κ2) is 11.2. The van der Waals surface area contributed by atoms with Crippen LogP contribution in [-0.2, 0) is 14.8 Å². The van der Waals surface area contributed by atoms with Gasteiger partial charge >= 0.3 is 6.03 Å². The topological polar surface area (TPSA) is 120 Å². The molecule has 0 spiro atoms. The summed E-state index contributed by atoms with van der Waals surface area (Å²) in [4.78, 5) is 29.4. The Morgan fingerprint density at radius 2 is 1.98 bits per heavy atom. The van der Waals surface area contributed by atoms with E-state index in [1.165, 1.54) is 16.1 Å². The predicted molar refractivity (Wildman–Crippen MR) is 159 cm³/mol. The van der Waals surface area contributed by atoms with E-state index < -0.39 is 10.0 Å². The van der Waals surface area contributed by atoms with E-state index in [1.54, 1.807) is 0 Å². The first-order chi connectivity index (χ1) is 19.7. The zero-order chi connectivity index (χ0) is 28.7. The summed E-state index contributed by atoms with van der Waals surface area (Å²) in [5, 5.41) is 10.5. The van der Waals surface area contributed by atoms with E-state index in [0.717, 1.165) is 35.4 Å². The van der Waals surface area contributed by atoms with Gasteiger partial charge in [0.1, 0.15) is 11.5 Å². The van der Waals surface area contributed by atoms with Crippen molar-refractivity contribution in [2.75, 3.05) is 24.5 Å². The van der Waals surface area contributed by atoms with Gasteiger partial charge in [0.2, 0.25) is 10.0 Å². The molecule has 3 fully saturated rings. The lowest BCUT2D eigenvalue weighted by Crippen LogP contribution is -2.62. The molecule has 3 unspecified atom stereocenters. The van der Waals surface area contributed by atoms with E-state index >= 15 is 0 Å². The molecular weight excluding hydrogens is 562 g/mol. The maximum Gasteiger partial charge on any atom is 0.326 e. The molecule has 10 nitrogen and oxygen atoms in total. The fraction of sp³-hybridized carbons (Fsp3) is 0.379. The second-order valence-corrected chi connectivity index (χ2v) is 13.7. The van der Waals surface area contributed by atoms with Crippen molar-refractivity contribution < 1.29 is 22.7 Å². The number of urea groups is 1. The third-order valence-electron chi connectivity index (χ3n) is 8.04. The highest BCUT2D eigenvalue weighted by molar-refractivity contribution is 8.04. The number of anilines is 1. The van der Waals surface area contributed by atoms with E-state index in [4.69, 9.17) is 4.74 Å². The fourth-order valence-electron chi connectivity index (χ4n) is 6.14. The van der Waals surface area contributed by atoms with Crippen molar-refractivity contribution in [1.82, 2.24) is 20.3 Å². The molecule has 12 heteroatoms. The number of rotatable bonds is 7. The Balaban J connectivity index is 1.22. The van der Waals surface area contributed by atoms with Gasteiger partial charge in [0.15, 0.2) is 0 Å². The van der Waals surface area contributed by atoms with E-state index in [9.17, 15) is 18.0 Å². The van der Waals surface area contributed by atoms with E-state index in [0.29, 0.717) is 35.7 Å². The highest BCUT2D eigenvalue weighted by atomic mass is 32.2. The number of amides is 3. The third-order valence-corrected chi connectivity index (χ3v) is 10.9. The van der Waals surface area contributed by atoms with Crippen molar-refractivity contribution >= 4 is 39.4 Å². The third kappa shape index (κ3) is 5.36. The van der Waals surface area contributed by atoms with Crippen LogP contribution >= 0.6 is 11.8 Å². The zero-order valence-electron chi connectivity index (χ0n) is 22.7. The number of ether oxygens (including phenoxy) is 1. The molecule has 3 amide bonds. The van der Waals surface area contributed by atoms with Crippen LogP contribution in [-0.4, -0.2) is 61.8 Å². The van der Waals surface area contributed by atoms with Gasteiger partial charge in [-0.1, -0.05) is 36.5 Å². The van der Waals surface area contributed by atoms with Gasteiger partial charge in [-0.25, -0.2) is 13.2 Å². The lowest BCUT2D eigenvalue weighted by Gasteiger charge is -2.46. The van der Waals surface area contributed by atoms with Crippen LogP contribution in [0, 0.1) is 12.8 Å². The largest absolute Gasteiger partial charge is 0.457 e. The molecule has 216 valence electrons. The van der Waals surface area contributed by atoms with Gasteiger partial charge in [-0.05, 0) is 68.6 Å². The molecule has 4 aliphatic heterocycles. The monoisotopic (exact) mass is 595 g/mol. The Bertz CT molecular complexity index is 1510. The van der Waals surface area contributed by atoms with Crippen LogP contribution in [0.5, 0.6) is 11.5 Å². The number of piperidine rings is 2. The van der Waals surface area contributed by atoms with Crippen molar-refractivity contribution in [3.63, 3.8) is 0 Å². The maximum absolute atomic E-state index is 13.6. The van der Waals surface area contributed by atoms with Gasteiger partial charge in [0.05, 0.1) is 16.3 Å². The number of sulfonamides is 1. The van der Waals surface area contributed by atoms with Gasteiger partial charge in [0, 0.05) is 41.8 Å². The summed E-state index contributed by atoms with van der Waals surface area (Å²) in [6.45, 7) is 6.70. The van der Waals surface area contributed by atoms with Gasteiger partial charge < -0.3 is 20.7 Å². The lowest BCUT2D eigenvalue weighted by atomic mass is 9.86. The van der Waals surface area contributed by atoms with Crippen LogP contribution in [0.15, 0.2) is 71.1 Å². The number of para-hydroxylation sites is 1. The Morgan fingerprint density at radius 3 is 2.73 bits per heavy atom. The molecule has 0 aliphatic carbocycles. The molecule has 4 atom stereocenters. The molecule has 3 saturated heterocycles. The molecule has 0 aromatic heterocycles. The van der Waals surface area contributed by atoms with Gasteiger partial charge in [-0.2, -0.15) is 4.31 Å². The highest BCUT2D eigenvalue weighted by Crippen LogP contribution is 2.48. The highest BCUT2D eigenvalue weighted by Gasteiger charge is 2.52. The number of carbonyl (C=O) groups excluding carboxylic acids is 2. The molecule has 0 radical (unpaired) electrons. The SMILES string of the molecule is C=CS(=O)(=O)N1CCC[C@@H](NC(=O)C2=C3NC(=O)N(c4ccc(Oc5ccccc5)cc4C)C4CCNC(S2)C34)C1. The molecular formula is C29H33N5O5S2. The number of hydrogen-bond donors (Lipinski definition) is 3. The van der Waals surface area contributed by atoms with Crippen LogP contribution in [0.2, 0.25) is 0 Å². The van der Waals surface area contributed by atoms with Gasteiger partial charge in [-0.3, -0.25) is 9.69 Å². The van der Waals surface area contributed by atoms with Gasteiger partial charge in [0.25, 0.3) is 5.91 Å². The minimum absolute atomic E-state index is 0.0578. The number of thioether (sulfide) groups is 1. The number of nitrogens with zero attached hydrogens (tertiary/aromatic N) is 2. The Kier molecular flexibility index (Phi) is 7.58. The van der Waals surface area contributed by atoms with Crippen LogP contribution in [0.25, 0.3) is 0 Å². The summed E-state index contributed by atoms with van der Waals surface area (Å²) >= 11 is 1.43. The molecule has 3 N–H and O–H groups in total. The van der Waals surface area contributed by atoms with Crippen LogP contribution in [0.1, 0.15) is 24.8 Å². The second-order valence-electron chi connectivity index (χ2n) is 10.7. The van der Waals surface area contributed by atoms with Crippen molar-refractivity contribution in [3.05, 3.63) is 76.7 Å². The number of hydrogen-bond acceptors (Lipinski definition) is 7. The summed E-state index contributed by atoms with van der Waals surface area (Å²) in [6, 6.07) is 14.6. The fourth-order valence-corrected chi connectivity index (χ4v) is 8.52. The first kappa shape index (κ1) is 27.8. The Labute approximate surface area is 244 Å². The quantitative estimate of drug-likeness (QED) is 0.447. The smallest absolute Gasteiger partial charge is 0.326 e. The van der Waals surface area contributed by atoms with Crippen molar-refractivity contribution in [1.29, 1.82) is 0 Å². The standard InChI is InChI=1S/C29H33N5O5S2/c1-3-41(37,38)33-15-7-8-19(17-33)31-27(35)26-25-24-23(13-14-30-28(24)40-26)34(29(36)32-25)22-12-11-21(16-18(22)2)39-20-9-5-4-6-10-20/h3-6,9-12,16,19,23-24,28,30H,1,7-8,13-15,17H2,2H3,(H,31,35)(H,32,36)/t19-,23?,24?,28?/m1/s1. The van der Waals surface area contributed by atoms with Crippen LogP contribution in [0.4, 0.5) is 10.5 Å². The normalized spacial score (nSPS) is 26.3. The van der Waals surface area contributed by atoms with E-state index in [-0.39, 0.29) is 41.9 Å². The molecule has 4 aliphatic rings. The van der Waals surface area contributed by atoms with Gasteiger partial charge in [-0.15, -0.1) is 0 Å². The molecule has 0 bridgehead atoms. The molecule has 4 heterocycles. The van der Waals surface area contributed by atoms with Crippen LogP contribution in [0.3, 0.4) is 0 Å². The maximum atomic E-state index is 13.6. The Hall–Kier alpha value is -3.32. The summed E-state index contributed by atoms with van der Waals surface area (Å²) < 4.78 is 31.9. The summed E-state index contributed by atoms with van der Waals surface area (Å²) in [5.41, 5.74) is 2.36. The summed E-state index contributed by atoms with van der Waals surface area (Å²) in [7, 11) is -3.55. The molecule has 0 saturated carbocycles. The van der Waals surface area contributed by atoms with Crippen molar-refractivity contribution in [2.45, 2.75) is 43.6 Å². The lowest BCUT2D eigenvalue weighted by molar-refractivity contribution is -0.117. The molecule has 41 heavy (non-hydrogen) atoms. The minimum Gasteiger partial charge on any atom is -0.457 e. The first-order valence-electron chi connectivity index (χ1n) is 13.8. The zero-order valence-corrected chi connectivity index (χ0v) is 24.3. The van der Waals surface area contributed by atoms with E-state index in [2.05, 4.69) is 22.5 Å². The van der Waals surface area contributed by atoms with E-state index in [1.807, 2.05) is 60.4 Å². The van der Waals surface area contributed by atoms with Crippen molar-refractivity contribution in [3.8, 4) is 11.5 Å². The van der Waals surface area contributed by atoms with Crippen molar-refractivity contribution in [2.24, 2.45) is 5.92 Å². The minimum atomic E-state index is -3.55. The molecule has 6 rings (SSSR count). The summed E-state index contributed by atoms with van der Waals surface area (Å²) in [6.07, 6.45) is 2.07. The number of benzene rings is 2. The summed E-state index contributed by atoms with van der Waals surface area (Å²) in [5.74, 6) is 1.06. The molecule has 2 aromatic carbocycles. The number of nitrogens with one attached hydrogen (secondary N) is 3. The molecule has 2 aromatic rings. The Morgan fingerprint density at radius 1 is 1.17 bits per heavy atom. The van der Waals surface area contributed by atoms with Crippen LogP contribution < -0.4 is 25.6 Å². The average molecular weight is 596 g/mol. The predicted octanol–water partition coefficient (Wildman–Crippen LogP) is 3.63. The number of carbonyl (C=O) groups is 2.